The fourth-order valence-corrected chi connectivity index (χ4v) is 2.59. The number of benzene rings is 3. The maximum atomic E-state index is 12.3. The van der Waals surface area contributed by atoms with E-state index in [1.54, 1.807) is 31.2 Å². The van der Waals surface area contributed by atoms with Crippen LogP contribution in [0.15, 0.2) is 96.7 Å². The van der Waals surface area contributed by atoms with Crippen molar-refractivity contribution in [2.24, 2.45) is 0 Å². The molecule has 0 bridgehead atoms. The SMILES string of the molecule is C/C(=C\C(=O)c1ccccc1)NNC(=O)c1ccc(-c2ccccc2)cc1. The minimum atomic E-state index is -0.269. The topological polar surface area (TPSA) is 58.2 Å². The number of carbonyl (C=O) groups excluding carboxylic acids is 2. The van der Waals surface area contributed by atoms with Crippen molar-refractivity contribution in [3.8, 4) is 11.1 Å². The fraction of sp³-hybridized carbons (Fsp3) is 0.0435. The lowest BCUT2D eigenvalue weighted by atomic mass is 10.0. The highest BCUT2D eigenvalue weighted by Gasteiger charge is 2.07. The number of hydrazine groups is 1. The molecule has 0 spiro atoms. The summed E-state index contributed by atoms with van der Waals surface area (Å²) >= 11 is 0. The Labute approximate surface area is 158 Å². The van der Waals surface area contributed by atoms with Gasteiger partial charge in [0.2, 0.25) is 0 Å². The van der Waals surface area contributed by atoms with Gasteiger partial charge in [-0.15, -0.1) is 0 Å². The van der Waals surface area contributed by atoms with Crippen LogP contribution in [0.1, 0.15) is 27.6 Å². The van der Waals surface area contributed by atoms with E-state index >= 15 is 0 Å². The third-order valence-corrected chi connectivity index (χ3v) is 4.03. The largest absolute Gasteiger partial charge is 0.303 e. The van der Waals surface area contributed by atoms with Crippen LogP contribution in [0.5, 0.6) is 0 Å². The molecule has 1 amide bonds. The number of hydrogen-bond donors (Lipinski definition) is 2. The van der Waals surface area contributed by atoms with Gasteiger partial charge < -0.3 is 5.43 Å². The molecule has 0 atom stereocenters. The van der Waals surface area contributed by atoms with Gasteiger partial charge in [-0.25, -0.2) is 0 Å². The second kappa shape index (κ2) is 8.63. The average Bonchev–Trinajstić information content (AvgIpc) is 2.73. The van der Waals surface area contributed by atoms with Crippen LogP contribution in [0.4, 0.5) is 0 Å². The van der Waals surface area contributed by atoms with Crippen LogP contribution in [-0.2, 0) is 0 Å². The van der Waals surface area contributed by atoms with Crippen LogP contribution in [0.3, 0.4) is 0 Å². The van der Waals surface area contributed by atoms with Gasteiger partial charge in [-0.3, -0.25) is 15.0 Å². The molecule has 0 unspecified atom stereocenters. The molecule has 2 N–H and O–H groups in total. The lowest BCUT2D eigenvalue weighted by molar-refractivity contribution is 0.0936. The molecule has 0 aliphatic carbocycles. The molecule has 0 fully saturated rings. The summed E-state index contributed by atoms with van der Waals surface area (Å²) in [7, 11) is 0. The van der Waals surface area contributed by atoms with E-state index in [9.17, 15) is 9.59 Å². The quantitative estimate of drug-likeness (QED) is 0.392. The van der Waals surface area contributed by atoms with Gasteiger partial charge in [0, 0.05) is 22.9 Å². The summed E-state index contributed by atoms with van der Waals surface area (Å²) in [5.41, 5.74) is 9.20. The molecule has 0 radical (unpaired) electrons. The number of carbonyl (C=O) groups is 2. The Hall–Kier alpha value is -3.66. The number of ketones is 1. The number of rotatable bonds is 6. The molecule has 0 aliphatic rings. The summed E-state index contributed by atoms with van der Waals surface area (Å²) in [5, 5.41) is 0. The summed E-state index contributed by atoms with van der Waals surface area (Å²) < 4.78 is 0. The van der Waals surface area contributed by atoms with Crippen molar-refractivity contribution in [3.05, 3.63) is 108 Å². The minimum Gasteiger partial charge on any atom is -0.303 e. The van der Waals surface area contributed by atoms with E-state index in [1.807, 2.05) is 60.7 Å². The standard InChI is InChI=1S/C23H20N2O2/c1-17(16-22(26)20-10-6-3-7-11-20)24-25-23(27)21-14-12-19(13-15-21)18-8-4-2-5-9-18/h2-16,24H,1H3,(H,25,27)/b17-16+. The molecule has 0 saturated heterocycles. The lowest BCUT2D eigenvalue weighted by Gasteiger charge is -2.09. The van der Waals surface area contributed by atoms with Gasteiger partial charge in [0.1, 0.15) is 0 Å². The van der Waals surface area contributed by atoms with Gasteiger partial charge in [0.15, 0.2) is 5.78 Å². The third kappa shape index (κ3) is 4.92. The highest BCUT2D eigenvalue weighted by atomic mass is 16.2. The number of hydrogen-bond acceptors (Lipinski definition) is 3. The average molecular weight is 356 g/mol. The Morgan fingerprint density at radius 1 is 0.667 bits per heavy atom. The molecule has 3 aromatic carbocycles. The van der Waals surface area contributed by atoms with E-state index in [-0.39, 0.29) is 11.7 Å². The summed E-state index contributed by atoms with van der Waals surface area (Å²) in [6.07, 6.45) is 1.45. The van der Waals surface area contributed by atoms with Crippen molar-refractivity contribution >= 4 is 11.7 Å². The molecular weight excluding hydrogens is 336 g/mol. The van der Waals surface area contributed by atoms with E-state index in [2.05, 4.69) is 10.9 Å². The van der Waals surface area contributed by atoms with Crippen molar-refractivity contribution in [2.45, 2.75) is 6.92 Å². The Morgan fingerprint density at radius 2 is 1.22 bits per heavy atom. The third-order valence-electron chi connectivity index (χ3n) is 4.03. The first-order valence-electron chi connectivity index (χ1n) is 8.63. The van der Waals surface area contributed by atoms with Crippen molar-refractivity contribution in [2.75, 3.05) is 0 Å². The lowest BCUT2D eigenvalue weighted by Crippen LogP contribution is -2.36. The smallest absolute Gasteiger partial charge is 0.269 e. The van der Waals surface area contributed by atoms with Crippen molar-refractivity contribution in [1.29, 1.82) is 0 Å². The van der Waals surface area contributed by atoms with Crippen LogP contribution in [-0.4, -0.2) is 11.7 Å². The first-order chi connectivity index (χ1) is 13.1. The molecule has 0 aromatic heterocycles. The zero-order valence-corrected chi connectivity index (χ0v) is 15.0. The Kier molecular flexibility index (Phi) is 5.80. The Morgan fingerprint density at radius 3 is 1.85 bits per heavy atom. The second-order valence-corrected chi connectivity index (χ2v) is 6.08. The minimum absolute atomic E-state index is 0.123. The van der Waals surface area contributed by atoms with Crippen molar-refractivity contribution < 1.29 is 9.59 Å². The predicted octanol–water partition coefficient (Wildman–Crippen LogP) is 4.37. The summed E-state index contributed by atoms with van der Waals surface area (Å²) in [6.45, 7) is 1.72. The maximum Gasteiger partial charge on any atom is 0.269 e. The molecule has 4 nitrogen and oxygen atoms in total. The van der Waals surface area contributed by atoms with Gasteiger partial charge in [-0.1, -0.05) is 72.8 Å². The van der Waals surface area contributed by atoms with E-state index in [0.29, 0.717) is 16.8 Å². The van der Waals surface area contributed by atoms with Gasteiger partial charge in [0.25, 0.3) is 5.91 Å². The zero-order valence-electron chi connectivity index (χ0n) is 15.0. The van der Waals surface area contributed by atoms with Crippen LogP contribution < -0.4 is 10.9 Å². The van der Waals surface area contributed by atoms with Crippen LogP contribution >= 0.6 is 0 Å². The predicted molar refractivity (Wildman–Crippen MR) is 107 cm³/mol. The molecule has 4 heteroatoms. The summed E-state index contributed by atoms with van der Waals surface area (Å²) in [5.74, 6) is -0.392. The zero-order chi connectivity index (χ0) is 19.1. The molecular formula is C23H20N2O2. The van der Waals surface area contributed by atoms with Crippen molar-refractivity contribution in [1.82, 2.24) is 10.9 Å². The van der Waals surface area contributed by atoms with Crippen LogP contribution in [0, 0.1) is 0 Å². The van der Waals surface area contributed by atoms with E-state index in [0.717, 1.165) is 11.1 Å². The molecule has 3 aromatic rings. The fourth-order valence-electron chi connectivity index (χ4n) is 2.59. The van der Waals surface area contributed by atoms with Crippen LogP contribution in [0.2, 0.25) is 0 Å². The van der Waals surface area contributed by atoms with E-state index in [1.165, 1.54) is 6.08 Å². The van der Waals surface area contributed by atoms with Gasteiger partial charge >= 0.3 is 0 Å². The first-order valence-corrected chi connectivity index (χ1v) is 8.63. The normalized spacial score (nSPS) is 10.9. The summed E-state index contributed by atoms with van der Waals surface area (Å²) in [6, 6.07) is 26.3. The van der Waals surface area contributed by atoms with Crippen LogP contribution in [0.25, 0.3) is 11.1 Å². The summed E-state index contributed by atoms with van der Waals surface area (Å²) in [4.78, 5) is 24.4. The Bertz CT molecular complexity index is 947. The monoisotopic (exact) mass is 356 g/mol. The van der Waals surface area contributed by atoms with Gasteiger partial charge in [0.05, 0.1) is 0 Å². The first kappa shape index (κ1) is 18.1. The number of amides is 1. The molecule has 3 rings (SSSR count). The second-order valence-electron chi connectivity index (χ2n) is 6.08. The Balaban J connectivity index is 1.59. The molecule has 134 valence electrons. The molecule has 0 heterocycles. The molecule has 27 heavy (non-hydrogen) atoms. The molecule has 0 saturated carbocycles. The highest BCUT2D eigenvalue weighted by Crippen LogP contribution is 2.19. The maximum absolute atomic E-state index is 12.3. The highest BCUT2D eigenvalue weighted by molar-refractivity contribution is 6.04. The van der Waals surface area contributed by atoms with Crippen molar-refractivity contribution in [3.63, 3.8) is 0 Å². The molecule has 0 aliphatic heterocycles. The number of nitrogens with one attached hydrogen (secondary N) is 2. The number of allylic oxidation sites excluding steroid dienone is 2. The van der Waals surface area contributed by atoms with Gasteiger partial charge in [-0.05, 0) is 30.2 Å². The van der Waals surface area contributed by atoms with E-state index < -0.39 is 0 Å². The van der Waals surface area contributed by atoms with Gasteiger partial charge in [-0.2, -0.15) is 0 Å². The van der Waals surface area contributed by atoms with E-state index in [4.69, 9.17) is 0 Å².